The molecule has 1 aromatic carbocycles. The third kappa shape index (κ3) is 2.04. The molecule has 1 heterocycles. The number of benzene rings is 1. The van der Waals surface area contributed by atoms with Crippen LogP contribution in [0.15, 0.2) is 29.2 Å². The van der Waals surface area contributed by atoms with E-state index in [-0.39, 0.29) is 23.5 Å². The van der Waals surface area contributed by atoms with Gasteiger partial charge in [-0.15, -0.1) is 11.8 Å². The third-order valence-electron chi connectivity index (χ3n) is 2.50. The number of amides is 2. The van der Waals surface area contributed by atoms with E-state index in [0.717, 1.165) is 4.90 Å². The van der Waals surface area contributed by atoms with Gasteiger partial charge < -0.3 is 5.73 Å². The second-order valence-electron chi connectivity index (χ2n) is 3.67. The van der Waals surface area contributed by atoms with Gasteiger partial charge in [-0.1, -0.05) is 0 Å². The van der Waals surface area contributed by atoms with Crippen molar-refractivity contribution in [2.45, 2.75) is 16.6 Å². The van der Waals surface area contributed by atoms with Crippen LogP contribution in [-0.2, 0) is 9.59 Å². The van der Waals surface area contributed by atoms with E-state index in [1.807, 2.05) is 12.1 Å². The number of imide groups is 1. The summed E-state index contributed by atoms with van der Waals surface area (Å²) in [7, 11) is 1.52. The maximum atomic E-state index is 11.6. The van der Waals surface area contributed by atoms with E-state index in [1.54, 1.807) is 12.1 Å². The zero-order valence-electron chi connectivity index (χ0n) is 8.84. The normalized spacial score (nSPS) is 20.6. The van der Waals surface area contributed by atoms with Crippen LogP contribution >= 0.6 is 11.8 Å². The van der Waals surface area contributed by atoms with Crippen LogP contribution in [0.2, 0.25) is 0 Å². The lowest BCUT2D eigenvalue weighted by Crippen LogP contribution is -2.26. The number of nitrogens with two attached hydrogens (primary N) is 1. The molecule has 1 atom stereocenters. The Morgan fingerprint density at radius 1 is 1.31 bits per heavy atom. The van der Waals surface area contributed by atoms with Crippen LogP contribution in [0.25, 0.3) is 0 Å². The second-order valence-corrected chi connectivity index (χ2v) is 4.95. The van der Waals surface area contributed by atoms with Crippen LogP contribution < -0.4 is 5.73 Å². The molecule has 2 rings (SSSR count). The van der Waals surface area contributed by atoms with Crippen molar-refractivity contribution in [3.8, 4) is 0 Å². The fourth-order valence-electron chi connectivity index (χ4n) is 1.52. The SMILES string of the molecule is CN1C(=O)CC(Sc2ccc(N)cc2)C1=O. The molecule has 1 fully saturated rings. The Balaban J connectivity index is 2.09. The summed E-state index contributed by atoms with van der Waals surface area (Å²) in [4.78, 5) is 25.1. The minimum Gasteiger partial charge on any atom is -0.399 e. The molecular formula is C11H12N2O2S. The lowest BCUT2D eigenvalue weighted by atomic mass is 10.3. The number of rotatable bonds is 2. The number of hydrogen-bond acceptors (Lipinski definition) is 4. The third-order valence-corrected chi connectivity index (χ3v) is 3.70. The van der Waals surface area contributed by atoms with E-state index >= 15 is 0 Å². The molecule has 0 radical (unpaired) electrons. The lowest BCUT2D eigenvalue weighted by Gasteiger charge is -2.08. The fraction of sp³-hybridized carbons (Fsp3) is 0.273. The molecule has 0 aromatic heterocycles. The summed E-state index contributed by atoms with van der Waals surface area (Å²) in [5.41, 5.74) is 6.26. The summed E-state index contributed by atoms with van der Waals surface area (Å²) in [6, 6.07) is 7.28. The van der Waals surface area contributed by atoms with Crippen molar-refractivity contribution in [3.05, 3.63) is 24.3 Å². The molecule has 16 heavy (non-hydrogen) atoms. The van der Waals surface area contributed by atoms with Gasteiger partial charge >= 0.3 is 0 Å². The molecule has 1 saturated heterocycles. The van der Waals surface area contributed by atoms with Crippen molar-refractivity contribution in [2.75, 3.05) is 12.8 Å². The first-order chi connectivity index (χ1) is 7.58. The molecular weight excluding hydrogens is 224 g/mol. The molecule has 1 unspecified atom stereocenters. The minimum absolute atomic E-state index is 0.113. The van der Waals surface area contributed by atoms with E-state index in [9.17, 15) is 9.59 Å². The monoisotopic (exact) mass is 236 g/mol. The highest BCUT2D eigenvalue weighted by molar-refractivity contribution is 8.00. The number of likely N-dealkylation sites (tertiary alicyclic amines) is 1. The van der Waals surface area contributed by atoms with Gasteiger partial charge in [0.2, 0.25) is 11.8 Å². The fourth-order valence-corrected chi connectivity index (χ4v) is 2.63. The number of hydrogen-bond donors (Lipinski definition) is 1. The van der Waals surface area contributed by atoms with Gasteiger partial charge in [0, 0.05) is 24.1 Å². The van der Waals surface area contributed by atoms with Crippen molar-refractivity contribution in [3.63, 3.8) is 0 Å². The van der Waals surface area contributed by atoms with Crippen molar-refractivity contribution in [1.82, 2.24) is 4.90 Å². The Bertz CT molecular complexity index is 430. The summed E-state index contributed by atoms with van der Waals surface area (Å²) in [5.74, 6) is -0.232. The predicted octanol–water partition coefficient (Wildman–Crippen LogP) is 1.12. The van der Waals surface area contributed by atoms with Gasteiger partial charge in [-0.3, -0.25) is 14.5 Å². The van der Waals surface area contributed by atoms with Crippen LogP contribution in [0.3, 0.4) is 0 Å². The standard InChI is InChI=1S/C11H12N2O2S/c1-13-10(14)6-9(11(13)15)16-8-4-2-7(12)3-5-8/h2-5,9H,6,12H2,1H3. The summed E-state index contributed by atoms with van der Waals surface area (Å²) < 4.78 is 0. The maximum absolute atomic E-state index is 11.6. The summed E-state index contributed by atoms with van der Waals surface area (Å²) in [5, 5.41) is -0.291. The van der Waals surface area contributed by atoms with Gasteiger partial charge in [-0.05, 0) is 24.3 Å². The molecule has 4 nitrogen and oxygen atoms in total. The molecule has 0 aliphatic carbocycles. The van der Waals surface area contributed by atoms with Crippen LogP contribution in [0, 0.1) is 0 Å². The first-order valence-electron chi connectivity index (χ1n) is 4.90. The van der Waals surface area contributed by atoms with Crippen LogP contribution in [0.5, 0.6) is 0 Å². The maximum Gasteiger partial charge on any atom is 0.242 e. The van der Waals surface area contributed by atoms with E-state index in [0.29, 0.717) is 5.69 Å². The van der Waals surface area contributed by atoms with Crippen LogP contribution in [0.1, 0.15) is 6.42 Å². The van der Waals surface area contributed by atoms with Crippen molar-refractivity contribution in [1.29, 1.82) is 0 Å². The van der Waals surface area contributed by atoms with Gasteiger partial charge in [0.25, 0.3) is 0 Å². The molecule has 0 spiro atoms. The zero-order chi connectivity index (χ0) is 11.7. The quantitative estimate of drug-likeness (QED) is 0.617. The molecule has 1 aliphatic heterocycles. The van der Waals surface area contributed by atoms with E-state index < -0.39 is 0 Å². The number of nitrogen functional groups attached to an aromatic ring is 1. The Kier molecular flexibility index (Phi) is 2.87. The lowest BCUT2D eigenvalue weighted by molar-refractivity contribution is -0.136. The van der Waals surface area contributed by atoms with Gasteiger partial charge in [-0.2, -0.15) is 0 Å². The summed E-state index contributed by atoms with van der Waals surface area (Å²) in [6.45, 7) is 0. The molecule has 1 aromatic rings. The molecule has 1 aliphatic rings. The highest BCUT2D eigenvalue weighted by atomic mass is 32.2. The smallest absolute Gasteiger partial charge is 0.242 e. The molecule has 2 N–H and O–H groups in total. The number of nitrogens with zero attached hydrogens (tertiary/aromatic N) is 1. The van der Waals surface area contributed by atoms with Gasteiger partial charge in [0.1, 0.15) is 0 Å². The highest BCUT2D eigenvalue weighted by Gasteiger charge is 2.36. The van der Waals surface area contributed by atoms with E-state index in [4.69, 9.17) is 5.73 Å². The van der Waals surface area contributed by atoms with E-state index in [1.165, 1.54) is 23.7 Å². The molecule has 5 heteroatoms. The van der Waals surface area contributed by atoms with Crippen LogP contribution in [0.4, 0.5) is 5.69 Å². The Hall–Kier alpha value is -1.49. The number of anilines is 1. The van der Waals surface area contributed by atoms with Crippen molar-refractivity contribution >= 4 is 29.3 Å². The number of carbonyl (C=O) groups is 2. The zero-order valence-corrected chi connectivity index (χ0v) is 9.66. The Morgan fingerprint density at radius 3 is 2.44 bits per heavy atom. The van der Waals surface area contributed by atoms with Crippen LogP contribution in [-0.4, -0.2) is 29.0 Å². The minimum atomic E-state index is -0.291. The van der Waals surface area contributed by atoms with Crippen molar-refractivity contribution < 1.29 is 9.59 Å². The number of carbonyl (C=O) groups excluding carboxylic acids is 2. The highest BCUT2D eigenvalue weighted by Crippen LogP contribution is 2.30. The molecule has 2 amide bonds. The topological polar surface area (TPSA) is 63.4 Å². The number of thioether (sulfide) groups is 1. The summed E-state index contributed by atoms with van der Waals surface area (Å²) in [6.07, 6.45) is 0.282. The molecule has 84 valence electrons. The van der Waals surface area contributed by atoms with Gasteiger partial charge in [-0.25, -0.2) is 0 Å². The Labute approximate surface area is 97.8 Å². The molecule has 0 bridgehead atoms. The predicted molar refractivity (Wildman–Crippen MR) is 62.9 cm³/mol. The second kappa shape index (κ2) is 4.17. The average Bonchev–Trinajstić information content (AvgIpc) is 2.50. The largest absolute Gasteiger partial charge is 0.399 e. The molecule has 0 saturated carbocycles. The Morgan fingerprint density at radius 2 is 1.94 bits per heavy atom. The van der Waals surface area contributed by atoms with Gasteiger partial charge in [0.05, 0.1) is 5.25 Å². The first-order valence-corrected chi connectivity index (χ1v) is 5.78. The van der Waals surface area contributed by atoms with Gasteiger partial charge in [0.15, 0.2) is 0 Å². The van der Waals surface area contributed by atoms with E-state index in [2.05, 4.69) is 0 Å². The van der Waals surface area contributed by atoms with Crippen molar-refractivity contribution in [2.24, 2.45) is 0 Å². The first kappa shape index (κ1) is 11.0. The summed E-state index contributed by atoms with van der Waals surface area (Å²) >= 11 is 1.41. The average molecular weight is 236 g/mol.